The summed E-state index contributed by atoms with van der Waals surface area (Å²) in [5, 5.41) is 3.45. The van der Waals surface area contributed by atoms with E-state index in [9.17, 15) is 0 Å². The lowest BCUT2D eigenvalue weighted by Crippen LogP contribution is -1.83. The van der Waals surface area contributed by atoms with Crippen LogP contribution in [0.2, 0.25) is 0 Å². The van der Waals surface area contributed by atoms with E-state index in [0.717, 1.165) is 5.56 Å². The van der Waals surface area contributed by atoms with E-state index in [1.807, 2.05) is 0 Å². The Balaban J connectivity index is 3.20. The van der Waals surface area contributed by atoms with Gasteiger partial charge in [0.05, 0.1) is 12.8 Å². The average Bonchev–Trinajstić information content (AvgIpc) is 2.05. The summed E-state index contributed by atoms with van der Waals surface area (Å²) in [5.41, 5.74) is 9.47. The molecule has 0 aliphatic heterocycles. The van der Waals surface area contributed by atoms with Crippen LogP contribution in [-0.2, 0) is 0 Å². The van der Waals surface area contributed by atoms with Gasteiger partial charge < -0.3 is 4.74 Å². The lowest BCUT2D eigenvalue weighted by Gasteiger charge is -2.03. The number of hydrogen-bond donors (Lipinski definition) is 0. The zero-order valence-electron chi connectivity index (χ0n) is 6.69. The number of nitrogens with zero attached hydrogens (tertiary/aromatic N) is 3. The summed E-state index contributed by atoms with van der Waals surface area (Å²) in [6.07, 6.45) is 0. The fraction of sp³-hybridized carbons (Fsp3) is 0.125. The van der Waals surface area contributed by atoms with Gasteiger partial charge in [-0.25, -0.2) is 0 Å². The van der Waals surface area contributed by atoms with Gasteiger partial charge in [0.2, 0.25) is 0 Å². The molecule has 0 unspecified atom stereocenters. The van der Waals surface area contributed by atoms with Crippen LogP contribution >= 0.6 is 0 Å². The van der Waals surface area contributed by atoms with E-state index < -0.39 is 0 Å². The fourth-order valence-corrected chi connectivity index (χ4v) is 0.862. The molecule has 0 spiro atoms. The predicted octanol–water partition coefficient (Wildman–Crippen LogP) is 2.82. The Morgan fingerprint density at radius 3 is 2.92 bits per heavy atom. The van der Waals surface area contributed by atoms with Crippen LogP contribution in [0.3, 0.4) is 0 Å². The monoisotopic (exact) mass is 162 g/mol. The van der Waals surface area contributed by atoms with Gasteiger partial charge in [0, 0.05) is 4.91 Å². The third-order valence-electron chi connectivity index (χ3n) is 1.40. The van der Waals surface area contributed by atoms with Crippen molar-refractivity contribution in [2.75, 3.05) is 7.11 Å². The molecular weight excluding hydrogens is 154 g/mol. The molecule has 0 aromatic heterocycles. The second kappa shape index (κ2) is 3.64. The van der Waals surface area contributed by atoms with Gasteiger partial charge in [-0.15, -0.1) is 0 Å². The molecule has 12 heavy (non-hydrogen) atoms. The summed E-state index contributed by atoms with van der Waals surface area (Å²) >= 11 is 0. The molecule has 0 heterocycles. The van der Waals surface area contributed by atoms with Crippen LogP contribution in [-0.4, -0.2) is 7.11 Å². The molecule has 0 aliphatic carbocycles. The first-order valence-corrected chi connectivity index (χ1v) is 3.33. The maximum Gasteiger partial charge on any atom is 0.128 e. The molecule has 1 radical (unpaired) electrons. The van der Waals surface area contributed by atoms with E-state index in [1.54, 1.807) is 18.2 Å². The van der Waals surface area contributed by atoms with Crippen molar-refractivity contribution in [1.29, 1.82) is 0 Å². The minimum atomic E-state index is 0.465. The third-order valence-corrected chi connectivity index (χ3v) is 1.40. The maximum absolute atomic E-state index is 8.21. The molecule has 0 saturated carbocycles. The largest absolute Gasteiger partial charge is 0.496 e. The highest BCUT2D eigenvalue weighted by molar-refractivity contribution is 5.53. The summed E-state index contributed by atoms with van der Waals surface area (Å²) in [5.74, 6) is 0.556. The molecule has 4 heteroatoms. The van der Waals surface area contributed by atoms with Crippen molar-refractivity contribution in [3.63, 3.8) is 0 Å². The molecule has 0 N–H and O–H groups in total. The van der Waals surface area contributed by atoms with Crippen LogP contribution < -0.4 is 4.74 Å². The molecule has 1 rings (SSSR count). The highest BCUT2D eigenvalue weighted by Gasteiger charge is 1.98. The topological polar surface area (TPSA) is 58.0 Å². The Morgan fingerprint density at radius 1 is 1.58 bits per heavy atom. The Labute approximate surface area is 70.4 Å². The van der Waals surface area contributed by atoms with Crippen molar-refractivity contribution in [3.8, 4) is 5.75 Å². The van der Waals surface area contributed by atoms with Crippen molar-refractivity contribution < 1.29 is 4.74 Å². The van der Waals surface area contributed by atoms with Gasteiger partial charge >= 0.3 is 0 Å². The van der Waals surface area contributed by atoms with Crippen molar-refractivity contribution in [2.45, 2.75) is 0 Å². The molecular formula is C8H8N3O. The van der Waals surface area contributed by atoms with E-state index >= 15 is 0 Å². The SMILES string of the molecule is [CH2]c1ccc(OC)c(N=[N+]=[N-])c1. The third kappa shape index (κ3) is 1.68. The Morgan fingerprint density at radius 2 is 2.33 bits per heavy atom. The number of ether oxygens (including phenoxy) is 1. The Kier molecular flexibility index (Phi) is 2.56. The second-order valence-corrected chi connectivity index (χ2v) is 2.20. The molecule has 0 bridgehead atoms. The lowest BCUT2D eigenvalue weighted by molar-refractivity contribution is 0.416. The van der Waals surface area contributed by atoms with Gasteiger partial charge in [-0.05, 0) is 30.2 Å². The number of azide groups is 1. The molecule has 4 nitrogen and oxygen atoms in total. The smallest absolute Gasteiger partial charge is 0.128 e. The van der Waals surface area contributed by atoms with Gasteiger partial charge in [0.1, 0.15) is 5.75 Å². The molecule has 1 aromatic rings. The number of hydrogen-bond acceptors (Lipinski definition) is 2. The van der Waals surface area contributed by atoms with Gasteiger partial charge in [-0.1, -0.05) is 11.2 Å². The summed E-state index contributed by atoms with van der Waals surface area (Å²) in [7, 11) is 1.52. The average molecular weight is 162 g/mol. The van der Waals surface area contributed by atoms with Gasteiger partial charge in [0.15, 0.2) is 0 Å². The van der Waals surface area contributed by atoms with Crippen molar-refractivity contribution in [3.05, 3.63) is 41.1 Å². The number of methoxy groups -OCH3 is 1. The van der Waals surface area contributed by atoms with E-state index in [1.165, 1.54) is 7.11 Å². The van der Waals surface area contributed by atoms with Gasteiger partial charge in [-0.2, -0.15) is 0 Å². The minimum Gasteiger partial charge on any atom is -0.496 e. The molecule has 0 saturated heterocycles. The first-order valence-electron chi connectivity index (χ1n) is 3.33. The van der Waals surface area contributed by atoms with Crippen LogP contribution in [0, 0.1) is 6.92 Å². The normalized spacial score (nSPS) is 8.83. The molecule has 0 aliphatic rings. The van der Waals surface area contributed by atoms with E-state index in [-0.39, 0.29) is 0 Å². The van der Waals surface area contributed by atoms with Crippen molar-refractivity contribution >= 4 is 5.69 Å². The van der Waals surface area contributed by atoms with Crippen molar-refractivity contribution in [2.24, 2.45) is 5.11 Å². The zero-order chi connectivity index (χ0) is 8.97. The zero-order valence-corrected chi connectivity index (χ0v) is 6.69. The molecule has 0 amide bonds. The Hall–Kier alpha value is -1.67. The standard InChI is InChI=1S/C8H8N3O/c1-6-3-4-8(12-2)7(5-6)10-11-9/h3-5H,1H2,2H3. The summed E-state index contributed by atoms with van der Waals surface area (Å²) in [4.78, 5) is 2.67. The van der Waals surface area contributed by atoms with Crippen LogP contribution in [0.5, 0.6) is 5.75 Å². The van der Waals surface area contributed by atoms with Crippen molar-refractivity contribution in [1.82, 2.24) is 0 Å². The first kappa shape index (κ1) is 8.43. The van der Waals surface area contributed by atoms with Crippen LogP contribution in [0.25, 0.3) is 10.4 Å². The number of benzene rings is 1. The summed E-state index contributed by atoms with van der Waals surface area (Å²) < 4.78 is 4.96. The van der Waals surface area contributed by atoms with Gasteiger partial charge in [0.25, 0.3) is 0 Å². The molecule has 1 aromatic carbocycles. The summed E-state index contributed by atoms with van der Waals surface area (Å²) in [6.45, 7) is 3.70. The maximum atomic E-state index is 8.21. The Bertz CT molecular complexity index is 329. The van der Waals surface area contributed by atoms with Crippen LogP contribution in [0.1, 0.15) is 5.56 Å². The molecule has 61 valence electrons. The quantitative estimate of drug-likeness (QED) is 0.374. The predicted molar refractivity (Wildman–Crippen MR) is 46.3 cm³/mol. The summed E-state index contributed by atoms with van der Waals surface area (Å²) in [6, 6.07) is 5.17. The fourth-order valence-electron chi connectivity index (χ4n) is 0.862. The van der Waals surface area contributed by atoms with Gasteiger partial charge in [-0.3, -0.25) is 0 Å². The van der Waals surface area contributed by atoms with Crippen LogP contribution in [0.4, 0.5) is 5.69 Å². The highest BCUT2D eigenvalue weighted by Crippen LogP contribution is 2.27. The number of rotatable bonds is 2. The lowest BCUT2D eigenvalue weighted by atomic mass is 10.2. The van der Waals surface area contributed by atoms with Crippen LogP contribution in [0.15, 0.2) is 23.3 Å². The van der Waals surface area contributed by atoms with E-state index in [0.29, 0.717) is 11.4 Å². The molecule has 0 fully saturated rings. The minimum absolute atomic E-state index is 0.465. The molecule has 0 atom stereocenters. The highest BCUT2D eigenvalue weighted by atomic mass is 16.5. The first-order chi connectivity index (χ1) is 5.77. The van der Waals surface area contributed by atoms with E-state index in [4.69, 9.17) is 10.3 Å². The van der Waals surface area contributed by atoms with E-state index in [2.05, 4.69) is 16.9 Å². The second-order valence-electron chi connectivity index (χ2n) is 2.20.